The summed E-state index contributed by atoms with van der Waals surface area (Å²) in [5, 5.41) is 17.7. The average molecular weight is 359 g/mol. The molecule has 7 heteroatoms. The lowest BCUT2D eigenvalue weighted by Gasteiger charge is -2.37. The number of hydrogen-bond acceptors (Lipinski definition) is 5. The van der Waals surface area contributed by atoms with Gasteiger partial charge in [-0.05, 0) is 48.8 Å². The van der Waals surface area contributed by atoms with Crippen LogP contribution in [0.4, 0.5) is 4.39 Å². The number of rotatable bonds is 3. The Morgan fingerprint density at radius 2 is 2.32 bits per heavy atom. The molecule has 25 heavy (non-hydrogen) atoms. The molecule has 3 N–H and O–H groups in total. The molecule has 2 aliphatic rings. The molecule has 0 amide bonds. The Morgan fingerprint density at radius 1 is 1.56 bits per heavy atom. The minimum atomic E-state index is -0.589. The van der Waals surface area contributed by atoms with E-state index in [1.807, 2.05) is 11.9 Å². The first-order valence-corrected chi connectivity index (χ1v) is 9.31. The lowest BCUT2D eigenvalue weighted by molar-refractivity contribution is 0.272. The number of thioether (sulfide) groups is 1. The molecule has 0 aromatic carbocycles. The number of nitrogens with two attached hydrogens (primary N) is 1. The zero-order chi connectivity index (χ0) is 18.1. The summed E-state index contributed by atoms with van der Waals surface area (Å²) in [4.78, 5) is 6.89. The van der Waals surface area contributed by atoms with Gasteiger partial charge in [-0.25, -0.2) is 4.98 Å². The zero-order valence-electron chi connectivity index (χ0n) is 14.4. The van der Waals surface area contributed by atoms with E-state index in [4.69, 9.17) is 11.1 Å². The molecule has 1 aliphatic heterocycles. The van der Waals surface area contributed by atoms with Crippen molar-refractivity contribution in [1.82, 2.24) is 9.88 Å². The number of amidine groups is 1. The van der Waals surface area contributed by atoms with Gasteiger partial charge in [-0.2, -0.15) is 9.65 Å². The Bertz CT molecular complexity index is 756. The van der Waals surface area contributed by atoms with Crippen LogP contribution in [-0.4, -0.2) is 34.2 Å². The van der Waals surface area contributed by atoms with Gasteiger partial charge in [0.1, 0.15) is 11.5 Å². The van der Waals surface area contributed by atoms with Gasteiger partial charge in [-0.3, -0.25) is 5.41 Å². The lowest BCUT2D eigenvalue weighted by Crippen LogP contribution is -2.42. The maximum absolute atomic E-state index is 13.4. The van der Waals surface area contributed by atoms with Crippen molar-refractivity contribution in [1.29, 1.82) is 10.7 Å². The van der Waals surface area contributed by atoms with Crippen molar-refractivity contribution >= 4 is 17.6 Å². The lowest BCUT2D eigenvalue weighted by atomic mass is 9.77. The quantitative estimate of drug-likeness (QED) is 0.492. The van der Waals surface area contributed by atoms with E-state index in [9.17, 15) is 9.65 Å². The second kappa shape index (κ2) is 7.14. The van der Waals surface area contributed by atoms with Gasteiger partial charge in [-0.1, -0.05) is 6.07 Å². The number of aromatic nitrogens is 1. The van der Waals surface area contributed by atoms with Crippen LogP contribution < -0.4 is 5.73 Å². The number of allylic oxidation sites excluding steroid dienone is 1. The molecule has 0 saturated carbocycles. The molecule has 1 aromatic rings. The highest BCUT2D eigenvalue weighted by Crippen LogP contribution is 2.50. The number of halogens is 1. The minimum absolute atomic E-state index is 0.00428. The monoisotopic (exact) mass is 359 g/mol. The van der Waals surface area contributed by atoms with E-state index in [1.165, 1.54) is 11.0 Å². The summed E-state index contributed by atoms with van der Waals surface area (Å²) in [7, 11) is 1.83. The van der Waals surface area contributed by atoms with Crippen LogP contribution in [0.15, 0.2) is 28.7 Å². The molecule has 0 bridgehead atoms. The van der Waals surface area contributed by atoms with Crippen LogP contribution in [0, 0.1) is 34.5 Å². The summed E-state index contributed by atoms with van der Waals surface area (Å²) in [6.45, 7) is 2.05. The van der Waals surface area contributed by atoms with Gasteiger partial charge in [0, 0.05) is 19.0 Å². The van der Waals surface area contributed by atoms with E-state index in [1.54, 1.807) is 23.9 Å². The van der Waals surface area contributed by atoms with E-state index in [0.29, 0.717) is 5.69 Å². The number of pyridine rings is 1. The Balaban J connectivity index is 1.84. The Kier molecular flexibility index (Phi) is 5.11. The molecule has 0 saturated heterocycles. The largest absolute Gasteiger partial charge is 0.355 e. The zero-order valence-corrected chi connectivity index (χ0v) is 15.2. The van der Waals surface area contributed by atoms with Gasteiger partial charge < -0.3 is 10.6 Å². The van der Waals surface area contributed by atoms with Crippen molar-refractivity contribution in [2.45, 2.75) is 37.6 Å². The van der Waals surface area contributed by atoms with Crippen LogP contribution in [-0.2, 0) is 0 Å². The molecular weight excluding hydrogens is 337 g/mol. The van der Waals surface area contributed by atoms with E-state index in [2.05, 4.69) is 18.0 Å². The first-order valence-electron chi connectivity index (χ1n) is 8.43. The molecule has 4 atom stereocenters. The van der Waals surface area contributed by atoms with Crippen molar-refractivity contribution < 1.29 is 4.39 Å². The first-order chi connectivity index (χ1) is 11.9. The SMILES string of the molecule is CC(C1CCCC2=C1C(C#N)C(N)S2)N(C)C(=N)c1cccc(F)n1. The minimum Gasteiger partial charge on any atom is -0.355 e. The molecule has 2 heterocycles. The third kappa shape index (κ3) is 3.29. The van der Waals surface area contributed by atoms with Gasteiger partial charge in [-0.15, -0.1) is 11.8 Å². The van der Waals surface area contributed by atoms with E-state index in [-0.39, 0.29) is 29.1 Å². The number of hydrogen-bond donors (Lipinski definition) is 2. The third-order valence-electron chi connectivity index (χ3n) is 5.23. The molecule has 0 spiro atoms. The fourth-order valence-electron chi connectivity index (χ4n) is 3.77. The van der Waals surface area contributed by atoms with Crippen molar-refractivity contribution in [3.8, 4) is 6.07 Å². The van der Waals surface area contributed by atoms with E-state index in [0.717, 1.165) is 24.8 Å². The number of nitrogens with one attached hydrogen (secondary N) is 1. The highest BCUT2D eigenvalue weighted by Gasteiger charge is 2.42. The van der Waals surface area contributed by atoms with Gasteiger partial charge in [0.15, 0.2) is 0 Å². The molecular formula is C18H22FN5S. The molecule has 0 radical (unpaired) electrons. The summed E-state index contributed by atoms with van der Waals surface area (Å²) < 4.78 is 13.4. The van der Waals surface area contributed by atoms with Crippen LogP contribution in [0.5, 0.6) is 0 Å². The maximum atomic E-state index is 13.4. The molecule has 1 aliphatic carbocycles. The summed E-state index contributed by atoms with van der Waals surface area (Å²) in [6.07, 6.45) is 3.02. The Hall–Kier alpha value is -1.91. The maximum Gasteiger partial charge on any atom is 0.213 e. The molecule has 3 rings (SSSR count). The van der Waals surface area contributed by atoms with E-state index < -0.39 is 5.95 Å². The van der Waals surface area contributed by atoms with Crippen molar-refractivity contribution in [3.63, 3.8) is 0 Å². The summed E-state index contributed by atoms with van der Waals surface area (Å²) in [6, 6.07) is 6.84. The predicted octanol–water partition coefficient (Wildman–Crippen LogP) is 3.09. The highest BCUT2D eigenvalue weighted by atomic mass is 32.2. The standard InChI is InChI=1S/C18H22FN5S/c1-10(24(2)17(21)13-6-4-8-15(19)23-13)11-5-3-7-14-16(11)12(9-20)18(22)25-14/h4,6,8,10-12,18,21H,3,5,7,22H2,1-2H3. The molecule has 132 valence electrons. The Labute approximate surface area is 151 Å². The van der Waals surface area contributed by atoms with Gasteiger partial charge >= 0.3 is 0 Å². The first kappa shape index (κ1) is 17.9. The van der Waals surface area contributed by atoms with Crippen molar-refractivity contribution in [2.75, 3.05) is 7.05 Å². The Morgan fingerprint density at radius 3 is 3.00 bits per heavy atom. The summed E-state index contributed by atoms with van der Waals surface area (Å²) in [5.74, 6) is -0.493. The van der Waals surface area contributed by atoms with Gasteiger partial charge in [0.2, 0.25) is 5.95 Å². The topological polar surface area (TPSA) is 89.8 Å². The van der Waals surface area contributed by atoms with Crippen molar-refractivity contribution in [3.05, 3.63) is 40.3 Å². The highest BCUT2D eigenvalue weighted by molar-refractivity contribution is 8.03. The van der Waals surface area contributed by atoms with Crippen LogP contribution in [0.25, 0.3) is 0 Å². The molecule has 0 fully saturated rings. The predicted molar refractivity (Wildman–Crippen MR) is 97.3 cm³/mol. The summed E-state index contributed by atoms with van der Waals surface area (Å²) in [5.41, 5.74) is 7.62. The van der Waals surface area contributed by atoms with Gasteiger partial charge in [0.05, 0.1) is 17.4 Å². The van der Waals surface area contributed by atoms with E-state index >= 15 is 0 Å². The second-order valence-corrected chi connectivity index (χ2v) is 7.88. The molecule has 4 unspecified atom stereocenters. The van der Waals surface area contributed by atoms with Gasteiger partial charge in [0.25, 0.3) is 0 Å². The fraction of sp³-hybridized carbons (Fsp3) is 0.500. The van der Waals surface area contributed by atoms with Crippen LogP contribution >= 0.6 is 11.8 Å². The average Bonchev–Trinajstić information content (AvgIpc) is 2.94. The smallest absolute Gasteiger partial charge is 0.213 e. The van der Waals surface area contributed by atoms with Crippen LogP contribution in [0.2, 0.25) is 0 Å². The normalized spacial score (nSPS) is 26.8. The number of nitrogens with zero attached hydrogens (tertiary/aromatic N) is 3. The summed E-state index contributed by atoms with van der Waals surface area (Å²) >= 11 is 1.62. The third-order valence-corrected chi connectivity index (χ3v) is 6.49. The van der Waals surface area contributed by atoms with Crippen molar-refractivity contribution in [2.24, 2.45) is 17.6 Å². The fourth-order valence-corrected chi connectivity index (χ4v) is 5.12. The second-order valence-electron chi connectivity index (χ2n) is 6.61. The molecule has 1 aromatic heterocycles. The number of nitriles is 1. The van der Waals surface area contributed by atoms with Crippen LogP contribution in [0.1, 0.15) is 31.9 Å². The molecule has 5 nitrogen and oxygen atoms in total. The van der Waals surface area contributed by atoms with Crippen LogP contribution in [0.3, 0.4) is 0 Å².